The highest BCUT2D eigenvalue weighted by atomic mass is 16.6. The zero-order valence-corrected chi connectivity index (χ0v) is 11.6. The molecule has 5 nitrogen and oxygen atoms in total. The molecule has 0 saturated heterocycles. The third-order valence-corrected chi connectivity index (χ3v) is 1.87. The van der Waals surface area contributed by atoms with Gasteiger partial charge in [-0.2, -0.15) is 0 Å². The minimum Gasteiger partial charge on any atom is -0.433 e. The lowest BCUT2D eigenvalue weighted by molar-refractivity contribution is -0.142. The van der Waals surface area contributed by atoms with Crippen LogP contribution in [-0.2, 0) is 19.1 Å². The van der Waals surface area contributed by atoms with Crippen LogP contribution in [0, 0.1) is 0 Å². The number of hydrogen-bond donors (Lipinski definition) is 0. The molecule has 0 aliphatic heterocycles. The zero-order chi connectivity index (χ0) is 15.4. The number of carbonyl (C=O) groups is 2. The van der Waals surface area contributed by atoms with E-state index in [1.165, 1.54) is 14.0 Å². The minimum absolute atomic E-state index is 0.0218. The van der Waals surface area contributed by atoms with Crippen LogP contribution in [0.5, 0.6) is 5.75 Å². The van der Waals surface area contributed by atoms with Crippen LogP contribution in [0.15, 0.2) is 43.7 Å². The van der Waals surface area contributed by atoms with E-state index in [0.29, 0.717) is 5.75 Å². The Morgan fingerprint density at radius 3 is 2.40 bits per heavy atom. The van der Waals surface area contributed by atoms with Crippen LogP contribution in [0.25, 0.3) is 6.08 Å². The van der Waals surface area contributed by atoms with E-state index in [-0.39, 0.29) is 12.6 Å². The topological polar surface area (TPSA) is 61.8 Å². The van der Waals surface area contributed by atoms with Gasteiger partial charge in [-0.05, 0) is 6.07 Å². The molecule has 1 aromatic rings. The van der Waals surface area contributed by atoms with Crippen molar-refractivity contribution in [1.82, 2.24) is 0 Å². The van der Waals surface area contributed by atoms with Gasteiger partial charge in [0.25, 0.3) is 0 Å². The Bertz CT molecular complexity index is 465. The predicted molar refractivity (Wildman–Crippen MR) is 76.0 cm³/mol. The van der Waals surface area contributed by atoms with Gasteiger partial charge in [-0.15, -0.1) is 0 Å². The Balaban J connectivity index is 0.000000396. The summed E-state index contributed by atoms with van der Waals surface area (Å²) >= 11 is 0. The highest BCUT2D eigenvalue weighted by Gasteiger charge is 2.00. The second-order valence-corrected chi connectivity index (χ2v) is 3.43. The molecule has 1 aromatic carbocycles. The quantitative estimate of drug-likeness (QED) is 0.470. The SMILES string of the molecule is C=COC(=O)COC.C=Cc1ccccc1OC(C)=O. The van der Waals surface area contributed by atoms with Crippen LogP contribution in [0.3, 0.4) is 0 Å². The number of rotatable bonds is 5. The molecule has 0 unspecified atom stereocenters. The molecule has 0 fully saturated rings. The lowest BCUT2D eigenvalue weighted by Gasteiger charge is -2.03. The Labute approximate surface area is 118 Å². The summed E-state index contributed by atoms with van der Waals surface area (Å²) in [7, 11) is 1.42. The fraction of sp³-hybridized carbons (Fsp3) is 0.200. The normalized spacial score (nSPS) is 8.70. The number of ether oxygens (including phenoxy) is 3. The van der Waals surface area contributed by atoms with Crippen LogP contribution < -0.4 is 4.74 Å². The summed E-state index contributed by atoms with van der Waals surface area (Å²) in [5, 5.41) is 0. The van der Waals surface area contributed by atoms with Crippen LogP contribution in [0.1, 0.15) is 12.5 Å². The highest BCUT2D eigenvalue weighted by Crippen LogP contribution is 2.18. The van der Waals surface area contributed by atoms with Gasteiger partial charge in [0.1, 0.15) is 12.4 Å². The van der Waals surface area contributed by atoms with Gasteiger partial charge < -0.3 is 14.2 Å². The Morgan fingerprint density at radius 2 is 1.90 bits per heavy atom. The van der Waals surface area contributed by atoms with Crippen molar-refractivity contribution in [1.29, 1.82) is 0 Å². The largest absolute Gasteiger partial charge is 0.433 e. The van der Waals surface area contributed by atoms with E-state index < -0.39 is 5.97 Å². The van der Waals surface area contributed by atoms with Crippen molar-refractivity contribution in [3.8, 4) is 5.75 Å². The molecule has 0 amide bonds. The number of methoxy groups -OCH3 is 1. The van der Waals surface area contributed by atoms with Crippen LogP contribution in [0.4, 0.5) is 0 Å². The van der Waals surface area contributed by atoms with Crippen molar-refractivity contribution in [2.45, 2.75) is 6.92 Å². The molecule has 1 rings (SSSR count). The molecule has 0 atom stereocenters. The molecule has 0 aliphatic rings. The molecule has 0 N–H and O–H groups in total. The number of para-hydroxylation sites is 1. The third-order valence-electron chi connectivity index (χ3n) is 1.87. The zero-order valence-electron chi connectivity index (χ0n) is 11.6. The number of hydrogen-bond acceptors (Lipinski definition) is 5. The maximum atomic E-state index is 10.6. The molecule has 5 heteroatoms. The van der Waals surface area contributed by atoms with Crippen molar-refractivity contribution < 1.29 is 23.8 Å². The Hall–Kier alpha value is -2.40. The number of carbonyl (C=O) groups excluding carboxylic acids is 2. The molecule has 0 spiro atoms. The monoisotopic (exact) mass is 278 g/mol. The lowest BCUT2D eigenvalue weighted by atomic mass is 10.2. The smallest absolute Gasteiger partial charge is 0.336 e. The van der Waals surface area contributed by atoms with Crippen molar-refractivity contribution in [3.05, 3.63) is 49.2 Å². The van der Waals surface area contributed by atoms with Gasteiger partial charge in [0.2, 0.25) is 0 Å². The van der Waals surface area contributed by atoms with E-state index in [4.69, 9.17) is 4.74 Å². The molecule has 0 radical (unpaired) electrons. The summed E-state index contributed by atoms with van der Waals surface area (Å²) < 4.78 is 13.6. The van der Waals surface area contributed by atoms with E-state index >= 15 is 0 Å². The number of benzene rings is 1. The number of esters is 2. The third kappa shape index (κ3) is 7.84. The second kappa shape index (κ2) is 10.5. The van der Waals surface area contributed by atoms with Crippen molar-refractivity contribution in [2.24, 2.45) is 0 Å². The molecule has 0 aliphatic carbocycles. The first-order valence-electron chi connectivity index (χ1n) is 5.74. The highest BCUT2D eigenvalue weighted by molar-refractivity contribution is 5.71. The van der Waals surface area contributed by atoms with Gasteiger partial charge in [0.15, 0.2) is 0 Å². The summed E-state index contributed by atoms with van der Waals surface area (Å²) in [6.07, 6.45) is 2.72. The van der Waals surface area contributed by atoms with Crippen LogP contribution in [-0.4, -0.2) is 25.7 Å². The van der Waals surface area contributed by atoms with Gasteiger partial charge in [-0.1, -0.05) is 37.4 Å². The first-order chi connectivity index (χ1) is 9.54. The molecule has 20 heavy (non-hydrogen) atoms. The van der Waals surface area contributed by atoms with Crippen LogP contribution >= 0.6 is 0 Å². The van der Waals surface area contributed by atoms with E-state index in [0.717, 1.165) is 11.8 Å². The fourth-order valence-corrected chi connectivity index (χ4v) is 1.14. The second-order valence-electron chi connectivity index (χ2n) is 3.43. The molecule has 108 valence electrons. The summed E-state index contributed by atoms with van der Waals surface area (Å²) in [6, 6.07) is 7.25. The maximum Gasteiger partial charge on any atom is 0.336 e. The lowest BCUT2D eigenvalue weighted by Crippen LogP contribution is -2.06. The Morgan fingerprint density at radius 1 is 1.25 bits per heavy atom. The van der Waals surface area contributed by atoms with Gasteiger partial charge in [0.05, 0.1) is 6.26 Å². The van der Waals surface area contributed by atoms with Gasteiger partial charge in [-0.3, -0.25) is 4.79 Å². The van der Waals surface area contributed by atoms with E-state index in [1.807, 2.05) is 18.2 Å². The predicted octanol–water partition coefficient (Wildman–Crippen LogP) is 2.57. The van der Waals surface area contributed by atoms with E-state index in [1.54, 1.807) is 12.1 Å². The summed E-state index contributed by atoms with van der Waals surface area (Å²) in [5.74, 6) is -0.188. The molecule has 0 aromatic heterocycles. The first kappa shape index (κ1) is 17.6. The van der Waals surface area contributed by atoms with Crippen molar-refractivity contribution in [2.75, 3.05) is 13.7 Å². The summed E-state index contributed by atoms with van der Waals surface area (Å²) in [5.41, 5.74) is 0.827. The van der Waals surface area contributed by atoms with Crippen molar-refractivity contribution in [3.63, 3.8) is 0 Å². The summed E-state index contributed by atoms with van der Waals surface area (Å²) in [4.78, 5) is 20.8. The molecule has 0 saturated carbocycles. The first-order valence-corrected chi connectivity index (χ1v) is 5.74. The molecular formula is C15H18O5. The Kier molecular flexibility index (Phi) is 9.25. The van der Waals surface area contributed by atoms with E-state index in [9.17, 15) is 9.59 Å². The van der Waals surface area contributed by atoms with Gasteiger partial charge >= 0.3 is 11.9 Å². The average molecular weight is 278 g/mol. The van der Waals surface area contributed by atoms with Crippen molar-refractivity contribution >= 4 is 18.0 Å². The molecule has 0 heterocycles. The fourth-order valence-electron chi connectivity index (χ4n) is 1.14. The minimum atomic E-state index is -0.428. The van der Waals surface area contributed by atoms with Gasteiger partial charge in [-0.25, -0.2) is 4.79 Å². The summed E-state index contributed by atoms with van der Waals surface area (Å²) in [6.45, 7) is 8.14. The maximum absolute atomic E-state index is 10.6. The van der Waals surface area contributed by atoms with Gasteiger partial charge in [0, 0.05) is 19.6 Å². The van der Waals surface area contributed by atoms with Crippen LogP contribution in [0.2, 0.25) is 0 Å². The average Bonchev–Trinajstić information content (AvgIpc) is 2.40. The van der Waals surface area contributed by atoms with E-state index in [2.05, 4.69) is 22.6 Å². The standard InChI is InChI=1S/C10H10O2.C5H8O3/c1-3-9-6-4-5-7-10(9)12-8(2)11;1-3-8-5(6)4-7-2/h3-7H,1H2,2H3;3H,1,4H2,2H3. The molecule has 0 bridgehead atoms. The molecular weight excluding hydrogens is 260 g/mol.